The Morgan fingerprint density at radius 2 is 1.73 bits per heavy atom. The van der Waals surface area contributed by atoms with Gasteiger partial charge in [-0.3, -0.25) is 0 Å². The maximum Gasteiger partial charge on any atom is 0.396 e. The highest BCUT2D eigenvalue weighted by atomic mass is 79.9. The molecular weight excluding hydrogens is 225 g/mol. The van der Waals surface area contributed by atoms with Gasteiger partial charge in [0.15, 0.2) is 0 Å². The Morgan fingerprint density at radius 1 is 1.36 bits per heavy atom. The van der Waals surface area contributed by atoms with Crippen molar-refractivity contribution in [3.05, 3.63) is 0 Å². The fourth-order valence-electron chi connectivity index (χ4n) is 0.382. The van der Waals surface area contributed by atoms with E-state index in [9.17, 15) is 13.2 Å². The molecule has 1 N–H and O–H groups in total. The molecule has 11 heavy (non-hydrogen) atoms. The molecule has 0 rings (SSSR count). The van der Waals surface area contributed by atoms with Crippen LogP contribution < -0.4 is 0 Å². The van der Waals surface area contributed by atoms with Gasteiger partial charge in [0.1, 0.15) is 0 Å². The normalized spacial score (nSPS) is 16.6. The van der Waals surface area contributed by atoms with Crippen molar-refractivity contribution in [1.82, 2.24) is 0 Å². The van der Waals surface area contributed by atoms with E-state index in [-0.39, 0.29) is 5.33 Å². The van der Waals surface area contributed by atoms with Crippen LogP contribution in [-0.4, -0.2) is 22.7 Å². The van der Waals surface area contributed by atoms with Crippen molar-refractivity contribution in [2.24, 2.45) is 5.41 Å². The molecule has 0 heterocycles. The van der Waals surface area contributed by atoms with E-state index in [1.54, 1.807) is 0 Å². The quantitative estimate of drug-likeness (QED) is 0.728. The lowest BCUT2D eigenvalue weighted by molar-refractivity contribution is -0.237. The van der Waals surface area contributed by atoms with E-state index in [1.165, 1.54) is 0 Å². The maximum absolute atomic E-state index is 12.1. The minimum Gasteiger partial charge on any atom is -0.391 e. The second-order valence-corrected chi connectivity index (χ2v) is 3.54. The molecule has 1 atom stereocenters. The number of aliphatic hydroxyl groups is 1. The van der Waals surface area contributed by atoms with Crippen LogP contribution in [0.1, 0.15) is 13.8 Å². The molecule has 0 saturated carbocycles. The first-order valence-electron chi connectivity index (χ1n) is 3.04. The first kappa shape index (κ1) is 11.2. The molecule has 1 nitrogen and oxygen atoms in total. The van der Waals surface area contributed by atoms with Crippen LogP contribution in [0.2, 0.25) is 0 Å². The molecule has 0 aliphatic carbocycles. The molecule has 0 spiro atoms. The van der Waals surface area contributed by atoms with Gasteiger partial charge < -0.3 is 5.11 Å². The molecule has 0 radical (unpaired) electrons. The lowest BCUT2D eigenvalue weighted by Crippen LogP contribution is -2.43. The fourth-order valence-corrected chi connectivity index (χ4v) is 1.19. The zero-order valence-corrected chi connectivity index (χ0v) is 7.83. The number of halogens is 4. The summed E-state index contributed by atoms with van der Waals surface area (Å²) in [4.78, 5) is 0. The minimum atomic E-state index is -4.36. The average Bonchev–Trinajstić information content (AvgIpc) is 1.83. The van der Waals surface area contributed by atoms with Crippen LogP contribution in [0.15, 0.2) is 0 Å². The summed E-state index contributed by atoms with van der Waals surface area (Å²) >= 11 is 2.79. The Balaban J connectivity index is 4.45. The lowest BCUT2D eigenvalue weighted by atomic mass is 9.87. The highest BCUT2D eigenvalue weighted by Crippen LogP contribution is 2.40. The van der Waals surface area contributed by atoms with E-state index in [1.807, 2.05) is 0 Å². The third-order valence-electron chi connectivity index (χ3n) is 1.71. The van der Waals surface area contributed by atoms with Gasteiger partial charge in [0.25, 0.3) is 0 Å². The van der Waals surface area contributed by atoms with E-state index in [4.69, 9.17) is 5.11 Å². The number of hydrogen-bond acceptors (Lipinski definition) is 1. The molecular formula is C6H10BrF3O. The Labute approximate surface area is 71.7 Å². The molecule has 0 aromatic carbocycles. The fraction of sp³-hybridized carbons (Fsp3) is 1.00. The molecule has 0 aliphatic rings. The van der Waals surface area contributed by atoms with E-state index >= 15 is 0 Å². The summed E-state index contributed by atoms with van der Waals surface area (Å²) in [6, 6.07) is 0. The van der Waals surface area contributed by atoms with Crippen molar-refractivity contribution in [2.45, 2.75) is 26.1 Å². The van der Waals surface area contributed by atoms with E-state index in [0.717, 1.165) is 13.8 Å². The molecule has 5 heteroatoms. The van der Waals surface area contributed by atoms with Crippen molar-refractivity contribution in [1.29, 1.82) is 0 Å². The van der Waals surface area contributed by atoms with Gasteiger partial charge in [-0.25, -0.2) is 0 Å². The molecule has 68 valence electrons. The Kier molecular flexibility index (Phi) is 3.38. The van der Waals surface area contributed by atoms with Gasteiger partial charge >= 0.3 is 6.18 Å². The molecule has 0 aliphatic heterocycles. The smallest absolute Gasteiger partial charge is 0.391 e. The third kappa shape index (κ3) is 2.33. The minimum absolute atomic E-state index is 0.0699. The summed E-state index contributed by atoms with van der Waals surface area (Å²) in [6.07, 6.45) is -5.76. The molecule has 0 saturated heterocycles. The van der Waals surface area contributed by atoms with Gasteiger partial charge in [-0.1, -0.05) is 15.9 Å². The van der Waals surface area contributed by atoms with Crippen LogP contribution in [0, 0.1) is 5.41 Å². The van der Waals surface area contributed by atoms with Crippen LogP contribution in [0.4, 0.5) is 13.2 Å². The molecule has 0 fully saturated rings. The summed E-state index contributed by atoms with van der Waals surface area (Å²) in [5.74, 6) is 0. The van der Waals surface area contributed by atoms with Gasteiger partial charge in [0.2, 0.25) is 0 Å². The molecule has 0 unspecified atom stereocenters. The average molecular weight is 235 g/mol. The third-order valence-corrected chi connectivity index (χ3v) is 2.32. The standard InChI is InChI=1S/C6H10BrF3O/c1-5(2,4(11)3-7)6(8,9)10/h4,11H,3H2,1-2H3/t4-/m0/s1. The first-order valence-corrected chi connectivity index (χ1v) is 4.16. The van der Waals surface area contributed by atoms with Gasteiger partial charge in [0, 0.05) is 5.33 Å². The number of alkyl halides is 4. The number of hydrogen-bond donors (Lipinski definition) is 1. The van der Waals surface area contributed by atoms with Gasteiger partial charge in [-0.2, -0.15) is 13.2 Å². The summed E-state index contributed by atoms with van der Waals surface area (Å²) in [6.45, 7) is 1.94. The summed E-state index contributed by atoms with van der Waals surface area (Å²) in [7, 11) is 0. The highest BCUT2D eigenvalue weighted by Gasteiger charge is 2.51. The number of aliphatic hydroxyl groups excluding tert-OH is 1. The molecule has 0 aromatic heterocycles. The van der Waals surface area contributed by atoms with Crippen LogP contribution in [0.3, 0.4) is 0 Å². The van der Waals surface area contributed by atoms with Gasteiger partial charge in [0.05, 0.1) is 11.5 Å². The van der Waals surface area contributed by atoms with Crippen molar-refractivity contribution in [3.8, 4) is 0 Å². The second-order valence-electron chi connectivity index (χ2n) is 2.89. The van der Waals surface area contributed by atoms with Crippen LogP contribution in [0.25, 0.3) is 0 Å². The van der Waals surface area contributed by atoms with E-state index < -0.39 is 17.7 Å². The zero-order chi connectivity index (χ0) is 9.28. The predicted molar refractivity (Wildman–Crippen MR) is 39.6 cm³/mol. The first-order chi connectivity index (χ1) is 4.73. The molecule has 0 bridgehead atoms. The second kappa shape index (κ2) is 3.31. The Bertz CT molecular complexity index is 132. The Hall–Kier alpha value is 0.230. The summed E-state index contributed by atoms with van der Waals surface area (Å²) in [5.41, 5.74) is -2.05. The van der Waals surface area contributed by atoms with Crippen molar-refractivity contribution >= 4 is 15.9 Å². The summed E-state index contributed by atoms with van der Waals surface area (Å²) < 4.78 is 36.3. The molecule has 0 aromatic rings. The SMILES string of the molecule is CC(C)([C@@H](O)CBr)C(F)(F)F. The van der Waals surface area contributed by atoms with E-state index in [2.05, 4.69) is 15.9 Å². The number of rotatable bonds is 2. The predicted octanol–water partition coefficient (Wildman–Crippen LogP) is 2.33. The lowest BCUT2D eigenvalue weighted by Gasteiger charge is -2.31. The summed E-state index contributed by atoms with van der Waals surface area (Å²) in [5, 5.41) is 8.88. The highest BCUT2D eigenvalue weighted by molar-refractivity contribution is 9.09. The van der Waals surface area contributed by atoms with Crippen LogP contribution in [0.5, 0.6) is 0 Å². The van der Waals surface area contributed by atoms with Crippen molar-refractivity contribution in [2.75, 3.05) is 5.33 Å². The maximum atomic E-state index is 12.1. The van der Waals surface area contributed by atoms with Crippen LogP contribution in [-0.2, 0) is 0 Å². The Morgan fingerprint density at radius 3 is 1.82 bits per heavy atom. The van der Waals surface area contributed by atoms with Gasteiger partial charge in [-0.05, 0) is 13.8 Å². The largest absolute Gasteiger partial charge is 0.396 e. The topological polar surface area (TPSA) is 20.2 Å². The van der Waals surface area contributed by atoms with Gasteiger partial charge in [-0.15, -0.1) is 0 Å². The zero-order valence-electron chi connectivity index (χ0n) is 6.24. The monoisotopic (exact) mass is 234 g/mol. The van der Waals surface area contributed by atoms with E-state index in [0.29, 0.717) is 0 Å². The molecule has 0 amide bonds. The van der Waals surface area contributed by atoms with Crippen molar-refractivity contribution in [3.63, 3.8) is 0 Å². The van der Waals surface area contributed by atoms with Crippen molar-refractivity contribution < 1.29 is 18.3 Å². The van der Waals surface area contributed by atoms with Crippen LogP contribution >= 0.6 is 15.9 Å².